The standard InChI is InChI=1S/C21H22F3N5O2/c22-21(23,24)15-8-19(26-16-6-2-1-4-14(16)12-30)29-20(9-15)27-18(28-29)10-17(31)13-5-3-7-25-11-13/h3,5,7-9,11,14,16,26,30H,1-2,4,6,10,12H2/t14-,16?/m0/s1. The number of aromatic nitrogens is 4. The van der Waals surface area contributed by atoms with Gasteiger partial charge in [-0.05, 0) is 37.1 Å². The zero-order chi connectivity index (χ0) is 22.0. The summed E-state index contributed by atoms with van der Waals surface area (Å²) in [4.78, 5) is 20.5. The van der Waals surface area contributed by atoms with Gasteiger partial charge < -0.3 is 10.4 Å². The van der Waals surface area contributed by atoms with Gasteiger partial charge in [0.2, 0.25) is 0 Å². The van der Waals surface area contributed by atoms with Crippen molar-refractivity contribution in [3.63, 3.8) is 0 Å². The molecule has 10 heteroatoms. The number of nitrogens with zero attached hydrogens (tertiary/aromatic N) is 4. The number of aliphatic hydroxyl groups excluding tert-OH is 1. The molecule has 0 bridgehead atoms. The first-order valence-corrected chi connectivity index (χ1v) is 10.1. The quantitative estimate of drug-likeness (QED) is 0.578. The van der Waals surface area contributed by atoms with E-state index in [4.69, 9.17) is 0 Å². The molecule has 3 aromatic heterocycles. The van der Waals surface area contributed by atoms with Crippen LogP contribution in [0.1, 0.15) is 47.4 Å². The number of pyridine rings is 2. The molecule has 3 aromatic rings. The topological polar surface area (TPSA) is 92.4 Å². The fourth-order valence-corrected chi connectivity index (χ4v) is 3.95. The highest BCUT2D eigenvalue weighted by Gasteiger charge is 2.33. The fraction of sp³-hybridized carbons (Fsp3) is 0.429. The van der Waals surface area contributed by atoms with Gasteiger partial charge in [-0.15, -0.1) is 5.10 Å². The van der Waals surface area contributed by atoms with Crippen LogP contribution in [0, 0.1) is 5.92 Å². The van der Waals surface area contributed by atoms with Crippen LogP contribution in [0.15, 0.2) is 36.7 Å². The lowest BCUT2D eigenvalue weighted by atomic mass is 9.85. The maximum Gasteiger partial charge on any atom is 0.416 e. The molecule has 31 heavy (non-hydrogen) atoms. The summed E-state index contributed by atoms with van der Waals surface area (Å²) < 4.78 is 41.7. The second-order valence-corrected chi connectivity index (χ2v) is 7.74. The summed E-state index contributed by atoms with van der Waals surface area (Å²) in [5, 5.41) is 17.1. The molecule has 0 radical (unpaired) electrons. The van der Waals surface area contributed by atoms with Crippen LogP contribution >= 0.6 is 0 Å². The molecule has 4 rings (SSSR count). The Morgan fingerprint density at radius 1 is 1.26 bits per heavy atom. The molecular weight excluding hydrogens is 411 g/mol. The molecule has 2 N–H and O–H groups in total. The second kappa shape index (κ2) is 8.62. The van der Waals surface area contributed by atoms with Gasteiger partial charge in [0.15, 0.2) is 17.3 Å². The van der Waals surface area contributed by atoms with E-state index < -0.39 is 11.7 Å². The molecule has 1 aliphatic rings. The Morgan fingerprint density at radius 2 is 2.06 bits per heavy atom. The fourth-order valence-electron chi connectivity index (χ4n) is 3.95. The number of halogens is 3. The van der Waals surface area contributed by atoms with Gasteiger partial charge in [-0.2, -0.15) is 17.7 Å². The van der Waals surface area contributed by atoms with E-state index in [1.54, 1.807) is 18.3 Å². The minimum Gasteiger partial charge on any atom is -0.396 e. The lowest BCUT2D eigenvalue weighted by Gasteiger charge is -2.31. The number of hydrogen-bond donors (Lipinski definition) is 2. The van der Waals surface area contributed by atoms with Gasteiger partial charge in [-0.25, -0.2) is 4.98 Å². The highest BCUT2D eigenvalue weighted by molar-refractivity contribution is 5.96. The third kappa shape index (κ3) is 4.68. The van der Waals surface area contributed by atoms with E-state index >= 15 is 0 Å². The Hall–Kier alpha value is -3.01. The molecule has 164 valence electrons. The van der Waals surface area contributed by atoms with Crippen LogP contribution in [0.3, 0.4) is 0 Å². The zero-order valence-electron chi connectivity index (χ0n) is 16.6. The molecule has 0 aromatic carbocycles. The Balaban J connectivity index is 1.69. The van der Waals surface area contributed by atoms with Gasteiger partial charge >= 0.3 is 6.18 Å². The van der Waals surface area contributed by atoms with Gasteiger partial charge in [0.05, 0.1) is 12.0 Å². The number of ketones is 1. The number of nitrogens with one attached hydrogen (secondary N) is 1. The smallest absolute Gasteiger partial charge is 0.396 e. The molecule has 3 heterocycles. The number of hydrogen-bond acceptors (Lipinski definition) is 6. The van der Waals surface area contributed by atoms with E-state index in [0.29, 0.717) is 5.56 Å². The van der Waals surface area contributed by atoms with Crippen molar-refractivity contribution < 1.29 is 23.1 Å². The lowest BCUT2D eigenvalue weighted by Crippen LogP contribution is -2.35. The molecular formula is C21H22F3N5O2. The van der Waals surface area contributed by atoms with Gasteiger partial charge in [-0.1, -0.05) is 12.8 Å². The summed E-state index contributed by atoms with van der Waals surface area (Å²) in [6.45, 7) is -0.0397. The highest BCUT2D eigenvalue weighted by atomic mass is 19.4. The minimum absolute atomic E-state index is 0.00247. The number of anilines is 1. The first-order valence-electron chi connectivity index (χ1n) is 10.1. The predicted octanol–water partition coefficient (Wildman–Crippen LogP) is 3.53. The number of Topliss-reactive ketones (excluding diaryl/α,β-unsaturated/α-hetero) is 1. The van der Waals surface area contributed by atoms with E-state index in [0.717, 1.165) is 37.8 Å². The third-order valence-electron chi connectivity index (χ3n) is 5.59. The molecule has 0 spiro atoms. The number of aliphatic hydroxyl groups is 1. The second-order valence-electron chi connectivity index (χ2n) is 7.74. The molecule has 0 aliphatic heterocycles. The van der Waals surface area contributed by atoms with Gasteiger partial charge in [0, 0.05) is 36.5 Å². The maximum atomic E-state index is 13.5. The van der Waals surface area contributed by atoms with E-state index in [1.807, 2.05) is 0 Å². The monoisotopic (exact) mass is 433 g/mol. The van der Waals surface area contributed by atoms with Crippen molar-refractivity contribution >= 4 is 17.2 Å². The number of rotatable bonds is 6. The van der Waals surface area contributed by atoms with Crippen molar-refractivity contribution in [2.75, 3.05) is 11.9 Å². The van der Waals surface area contributed by atoms with E-state index in [9.17, 15) is 23.1 Å². The molecule has 1 fully saturated rings. The summed E-state index contributed by atoms with van der Waals surface area (Å²) in [7, 11) is 0. The van der Waals surface area contributed by atoms with Crippen LogP contribution in [0.25, 0.3) is 5.65 Å². The average Bonchev–Trinajstić information content (AvgIpc) is 3.17. The van der Waals surface area contributed by atoms with Crippen molar-refractivity contribution in [2.24, 2.45) is 5.92 Å². The summed E-state index contributed by atoms with van der Waals surface area (Å²) in [6.07, 6.45) is 1.70. The first kappa shape index (κ1) is 21.2. The lowest BCUT2D eigenvalue weighted by molar-refractivity contribution is -0.137. The van der Waals surface area contributed by atoms with Crippen molar-refractivity contribution in [1.29, 1.82) is 0 Å². The van der Waals surface area contributed by atoms with Gasteiger partial charge in [-0.3, -0.25) is 9.78 Å². The summed E-state index contributed by atoms with van der Waals surface area (Å²) in [5.41, 5.74) is -0.470. The molecule has 1 saturated carbocycles. The summed E-state index contributed by atoms with van der Waals surface area (Å²) in [5.74, 6) is -0.0583. The Labute approximate surface area is 176 Å². The number of alkyl halides is 3. The summed E-state index contributed by atoms with van der Waals surface area (Å²) in [6, 6.07) is 4.98. The van der Waals surface area contributed by atoms with E-state index in [1.165, 1.54) is 10.7 Å². The van der Waals surface area contributed by atoms with Gasteiger partial charge in [0.25, 0.3) is 0 Å². The van der Waals surface area contributed by atoms with Crippen molar-refractivity contribution in [3.05, 3.63) is 53.6 Å². The predicted molar refractivity (Wildman–Crippen MR) is 107 cm³/mol. The molecule has 0 saturated heterocycles. The molecule has 0 amide bonds. The molecule has 1 unspecified atom stereocenters. The van der Waals surface area contributed by atoms with E-state index in [2.05, 4.69) is 20.4 Å². The molecule has 2 atom stereocenters. The van der Waals surface area contributed by atoms with Crippen LogP contribution in [0.2, 0.25) is 0 Å². The van der Waals surface area contributed by atoms with Crippen LogP contribution in [-0.4, -0.2) is 43.1 Å². The largest absolute Gasteiger partial charge is 0.416 e. The number of carbonyl (C=O) groups excluding carboxylic acids is 1. The number of carbonyl (C=O) groups is 1. The van der Waals surface area contributed by atoms with Crippen molar-refractivity contribution in [2.45, 2.75) is 44.3 Å². The molecule has 7 nitrogen and oxygen atoms in total. The zero-order valence-corrected chi connectivity index (χ0v) is 16.6. The van der Waals surface area contributed by atoms with Crippen molar-refractivity contribution in [3.8, 4) is 0 Å². The third-order valence-corrected chi connectivity index (χ3v) is 5.59. The minimum atomic E-state index is -4.56. The highest BCUT2D eigenvalue weighted by Crippen LogP contribution is 2.33. The first-order chi connectivity index (χ1) is 14.8. The van der Waals surface area contributed by atoms with Crippen LogP contribution in [0.4, 0.5) is 19.0 Å². The van der Waals surface area contributed by atoms with Crippen LogP contribution in [-0.2, 0) is 12.6 Å². The molecule has 1 aliphatic carbocycles. The normalized spacial score (nSPS) is 19.5. The SMILES string of the molecule is O=C(Cc1nc2cc(C(F)(F)F)cc(NC3CCCC[C@H]3CO)n2n1)c1cccnc1. The number of fused-ring (bicyclic) bond motifs is 1. The Kier molecular flexibility index (Phi) is 5.90. The Morgan fingerprint density at radius 3 is 2.77 bits per heavy atom. The van der Waals surface area contributed by atoms with Crippen molar-refractivity contribution in [1.82, 2.24) is 19.6 Å². The van der Waals surface area contributed by atoms with Crippen LogP contribution in [0.5, 0.6) is 0 Å². The van der Waals surface area contributed by atoms with E-state index in [-0.39, 0.29) is 48.1 Å². The maximum absolute atomic E-state index is 13.5. The van der Waals surface area contributed by atoms with Crippen LogP contribution < -0.4 is 5.32 Å². The Bertz CT molecular complexity index is 1070. The average molecular weight is 433 g/mol. The summed E-state index contributed by atoms with van der Waals surface area (Å²) >= 11 is 0. The van der Waals surface area contributed by atoms with Gasteiger partial charge in [0.1, 0.15) is 5.82 Å².